The Morgan fingerprint density at radius 1 is 1.13 bits per heavy atom. The Bertz CT molecular complexity index is 1460. The molecule has 1 aliphatic heterocycles. The van der Waals surface area contributed by atoms with E-state index in [0.29, 0.717) is 12.2 Å². The highest BCUT2D eigenvalue weighted by atomic mass is 32.2. The molecule has 1 unspecified atom stereocenters. The Balaban J connectivity index is 1.47. The average Bonchev–Trinajstić information content (AvgIpc) is 3.33. The summed E-state index contributed by atoms with van der Waals surface area (Å²) in [6.45, 7) is 0.531. The second kappa shape index (κ2) is 12.1. The van der Waals surface area contributed by atoms with E-state index in [1.54, 1.807) is 18.3 Å². The highest BCUT2D eigenvalue weighted by Gasteiger charge is 2.21. The molecule has 0 aliphatic carbocycles. The summed E-state index contributed by atoms with van der Waals surface area (Å²) in [4.78, 5) is 30.4. The molecular weight excluding hydrogens is 500 g/mol. The number of carbonyl (C=O) groups excluding carboxylic acids is 2. The lowest BCUT2D eigenvalue weighted by atomic mass is 10.1. The third-order valence-corrected chi connectivity index (χ3v) is 7.28. The number of methoxy groups -OCH3 is 1. The van der Waals surface area contributed by atoms with Crippen molar-refractivity contribution in [1.29, 1.82) is 0 Å². The Morgan fingerprint density at radius 2 is 2.00 bits per heavy atom. The van der Waals surface area contributed by atoms with Gasteiger partial charge in [-0.05, 0) is 73.9 Å². The Hall–Kier alpha value is -3.95. The molecule has 2 aromatic heterocycles. The average molecular weight is 529 g/mol. The predicted molar refractivity (Wildman–Crippen MR) is 147 cm³/mol. The molecule has 1 amide bonds. The van der Waals surface area contributed by atoms with Crippen molar-refractivity contribution < 1.29 is 19.1 Å². The maximum Gasteiger partial charge on any atom is 0.325 e. The number of carbonyl (C=O) groups is 2. The number of hydrogen-bond donors (Lipinski definition) is 1. The van der Waals surface area contributed by atoms with Gasteiger partial charge in [-0.2, -0.15) is 5.10 Å². The topological polar surface area (TPSA) is 95.3 Å². The summed E-state index contributed by atoms with van der Waals surface area (Å²) in [5.41, 5.74) is 3.16. The van der Waals surface area contributed by atoms with Crippen molar-refractivity contribution in [3.05, 3.63) is 83.8 Å². The summed E-state index contributed by atoms with van der Waals surface area (Å²) < 4.78 is 12.7. The molecule has 1 fully saturated rings. The van der Waals surface area contributed by atoms with E-state index in [1.165, 1.54) is 18.9 Å². The van der Waals surface area contributed by atoms with Crippen LogP contribution in [-0.4, -0.2) is 46.9 Å². The lowest BCUT2D eigenvalue weighted by Crippen LogP contribution is -2.30. The molecule has 0 saturated carbocycles. The zero-order chi connectivity index (χ0) is 26.3. The molecule has 194 valence electrons. The normalized spacial score (nSPS) is 15.6. The minimum absolute atomic E-state index is 0.125. The van der Waals surface area contributed by atoms with Crippen LogP contribution in [0.2, 0.25) is 0 Å². The number of benzene rings is 2. The summed E-state index contributed by atoms with van der Waals surface area (Å²) in [5.74, 6) is -0.831. The number of aromatic nitrogens is 3. The van der Waals surface area contributed by atoms with Gasteiger partial charge in [-0.1, -0.05) is 30.0 Å². The number of pyridine rings is 1. The molecule has 2 aromatic carbocycles. The van der Waals surface area contributed by atoms with Crippen LogP contribution in [0.1, 0.15) is 47.2 Å². The Labute approximate surface area is 225 Å². The highest BCUT2D eigenvalue weighted by Crippen LogP contribution is 2.35. The van der Waals surface area contributed by atoms with Crippen LogP contribution in [0.15, 0.2) is 76.7 Å². The molecular formula is C29H28N4O4S. The summed E-state index contributed by atoms with van der Waals surface area (Å²) in [6.07, 6.45) is 8.63. The van der Waals surface area contributed by atoms with Gasteiger partial charge in [0.2, 0.25) is 0 Å². The second-order valence-electron chi connectivity index (χ2n) is 8.77. The number of hydrogen-bond acceptors (Lipinski definition) is 7. The van der Waals surface area contributed by atoms with Crippen LogP contribution in [0, 0.1) is 0 Å². The molecule has 38 heavy (non-hydrogen) atoms. The van der Waals surface area contributed by atoms with Crippen LogP contribution in [0.4, 0.5) is 0 Å². The maximum atomic E-state index is 12.8. The van der Waals surface area contributed by atoms with Crippen molar-refractivity contribution in [2.75, 3.05) is 20.3 Å². The summed E-state index contributed by atoms with van der Waals surface area (Å²) in [6, 6.07) is 19.3. The number of esters is 1. The van der Waals surface area contributed by atoms with E-state index in [1.807, 2.05) is 53.2 Å². The molecule has 1 atom stereocenters. The molecule has 9 heteroatoms. The number of ether oxygens (including phenoxy) is 2. The van der Waals surface area contributed by atoms with Gasteiger partial charge in [0.1, 0.15) is 6.54 Å². The van der Waals surface area contributed by atoms with Gasteiger partial charge in [-0.15, -0.1) is 0 Å². The van der Waals surface area contributed by atoms with E-state index < -0.39 is 5.97 Å². The van der Waals surface area contributed by atoms with E-state index in [4.69, 9.17) is 9.84 Å². The lowest BCUT2D eigenvalue weighted by Gasteiger charge is -2.23. The first-order valence-corrected chi connectivity index (χ1v) is 13.3. The fourth-order valence-corrected chi connectivity index (χ4v) is 5.27. The first-order chi connectivity index (χ1) is 18.6. The van der Waals surface area contributed by atoms with E-state index in [0.717, 1.165) is 51.3 Å². The standard InChI is InChI=1S/C29H28N4O4S/c1-36-28(34)19-31-29(35)23-9-2-3-10-26(23)38-21-13-14-22-24(15-12-20-8-4-6-16-30-20)32-33(25(22)18-21)27-11-5-7-17-37-27/h2-4,6,8-10,12-16,18,27H,5,7,11,17,19H2,1H3,(H,31,35)/b15-12+. The zero-order valence-electron chi connectivity index (χ0n) is 21.0. The van der Waals surface area contributed by atoms with Gasteiger partial charge < -0.3 is 14.8 Å². The van der Waals surface area contributed by atoms with Crippen molar-refractivity contribution >= 4 is 46.7 Å². The molecule has 0 spiro atoms. The van der Waals surface area contributed by atoms with Gasteiger partial charge in [0.15, 0.2) is 6.23 Å². The fourth-order valence-electron chi connectivity index (χ4n) is 4.29. The molecule has 0 radical (unpaired) electrons. The van der Waals surface area contributed by atoms with Crippen molar-refractivity contribution in [2.24, 2.45) is 0 Å². The van der Waals surface area contributed by atoms with Gasteiger partial charge in [0, 0.05) is 28.0 Å². The third-order valence-electron chi connectivity index (χ3n) is 6.22. The van der Waals surface area contributed by atoms with Gasteiger partial charge in [-0.3, -0.25) is 14.6 Å². The van der Waals surface area contributed by atoms with E-state index in [9.17, 15) is 9.59 Å². The van der Waals surface area contributed by atoms with Crippen LogP contribution < -0.4 is 5.32 Å². The van der Waals surface area contributed by atoms with Crippen molar-refractivity contribution in [1.82, 2.24) is 20.1 Å². The maximum absolute atomic E-state index is 12.8. The number of nitrogens with one attached hydrogen (secondary N) is 1. The van der Waals surface area contributed by atoms with Gasteiger partial charge in [0.05, 0.1) is 29.6 Å². The number of fused-ring (bicyclic) bond motifs is 1. The molecule has 8 nitrogen and oxygen atoms in total. The van der Waals surface area contributed by atoms with E-state index >= 15 is 0 Å². The molecule has 1 aliphatic rings. The number of amides is 1. The summed E-state index contributed by atoms with van der Waals surface area (Å²) in [7, 11) is 1.29. The van der Waals surface area contributed by atoms with Gasteiger partial charge in [-0.25, -0.2) is 4.68 Å². The molecule has 4 aromatic rings. The largest absolute Gasteiger partial charge is 0.468 e. The van der Waals surface area contributed by atoms with Crippen LogP contribution >= 0.6 is 11.8 Å². The highest BCUT2D eigenvalue weighted by molar-refractivity contribution is 7.99. The minimum Gasteiger partial charge on any atom is -0.468 e. The molecule has 3 heterocycles. The zero-order valence-corrected chi connectivity index (χ0v) is 21.8. The van der Waals surface area contributed by atoms with E-state index in [2.05, 4.69) is 27.2 Å². The van der Waals surface area contributed by atoms with Crippen molar-refractivity contribution in [2.45, 2.75) is 35.3 Å². The van der Waals surface area contributed by atoms with E-state index in [-0.39, 0.29) is 18.7 Å². The third kappa shape index (κ3) is 5.95. The quantitative estimate of drug-likeness (QED) is 0.308. The van der Waals surface area contributed by atoms with Crippen molar-refractivity contribution in [3.8, 4) is 0 Å². The second-order valence-corrected chi connectivity index (χ2v) is 9.89. The number of nitrogens with zero attached hydrogens (tertiary/aromatic N) is 3. The first kappa shape index (κ1) is 25.7. The van der Waals surface area contributed by atoms with Crippen LogP contribution in [0.25, 0.3) is 23.1 Å². The molecule has 1 N–H and O–H groups in total. The summed E-state index contributed by atoms with van der Waals surface area (Å²) >= 11 is 1.49. The van der Waals surface area contributed by atoms with Crippen LogP contribution in [-0.2, 0) is 14.3 Å². The predicted octanol–water partition coefficient (Wildman–Crippen LogP) is 5.35. The summed E-state index contributed by atoms with van der Waals surface area (Å²) in [5, 5.41) is 8.56. The minimum atomic E-state index is -0.500. The fraction of sp³-hybridized carbons (Fsp3) is 0.241. The Morgan fingerprint density at radius 3 is 2.79 bits per heavy atom. The van der Waals surface area contributed by atoms with Gasteiger partial charge >= 0.3 is 5.97 Å². The SMILES string of the molecule is COC(=O)CNC(=O)c1ccccc1Sc1ccc2c(/C=C/c3ccccn3)nn(C3CCCCO3)c2c1. The van der Waals surface area contributed by atoms with Crippen LogP contribution in [0.3, 0.4) is 0 Å². The molecule has 0 bridgehead atoms. The smallest absolute Gasteiger partial charge is 0.325 e. The molecule has 1 saturated heterocycles. The first-order valence-electron chi connectivity index (χ1n) is 12.5. The lowest BCUT2D eigenvalue weighted by molar-refractivity contribution is -0.139. The molecule has 5 rings (SSSR count). The van der Waals surface area contributed by atoms with Crippen molar-refractivity contribution in [3.63, 3.8) is 0 Å². The Kier molecular flexibility index (Phi) is 8.15. The van der Waals surface area contributed by atoms with Gasteiger partial charge in [0.25, 0.3) is 5.91 Å². The number of rotatable bonds is 8. The monoisotopic (exact) mass is 528 g/mol. The van der Waals surface area contributed by atoms with Crippen LogP contribution in [0.5, 0.6) is 0 Å².